The van der Waals surface area contributed by atoms with Crippen LogP contribution in [0, 0.1) is 11.8 Å². The topological polar surface area (TPSA) is 160 Å². The van der Waals surface area contributed by atoms with Crippen LogP contribution < -0.4 is 15.5 Å². The molecule has 4 aromatic rings. The van der Waals surface area contributed by atoms with Crippen molar-refractivity contribution in [3.8, 4) is 0 Å². The van der Waals surface area contributed by atoms with Crippen LogP contribution in [0.2, 0.25) is 0 Å². The predicted octanol–water partition coefficient (Wildman–Crippen LogP) is 6.10. The molecule has 0 radical (unpaired) electrons. The first-order valence-corrected chi connectivity index (χ1v) is 22.0. The zero-order valence-corrected chi connectivity index (χ0v) is 34.9. The zero-order chi connectivity index (χ0) is 44.0. The smallest absolute Gasteiger partial charge is 0.396 e. The molecule has 14 nitrogen and oxygen atoms in total. The molecule has 1 atom stereocenters. The fourth-order valence-electron chi connectivity index (χ4n) is 10.1. The molecule has 1 unspecified atom stereocenters. The quantitative estimate of drug-likeness (QED) is 0.159. The highest BCUT2D eigenvalue weighted by Gasteiger charge is 2.45. The zero-order valence-electron chi connectivity index (χ0n) is 34.9. The maximum absolute atomic E-state index is 13.4. The number of aliphatic hydroxyl groups is 1. The summed E-state index contributed by atoms with van der Waals surface area (Å²) in [5, 5.41) is 14.8. The third kappa shape index (κ3) is 9.15. The van der Waals surface area contributed by atoms with Gasteiger partial charge in [0.15, 0.2) is 0 Å². The minimum atomic E-state index is -4.58. The molecule has 9 rings (SSSR count). The monoisotopic (exact) mass is 884 g/mol. The Morgan fingerprint density at radius 3 is 2.22 bits per heavy atom. The maximum Gasteiger partial charge on any atom is 0.416 e. The van der Waals surface area contributed by atoms with Gasteiger partial charge in [0.05, 0.1) is 27.7 Å². The average molecular weight is 885 g/mol. The highest BCUT2D eigenvalue weighted by Crippen LogP contribution is 2.38. The Morgan fingerprint density at radius 2 is 1.52 bits per heavy atom. The summed E-state index contributed by atoms with van der Waals surface area (Å²) in [6.07, 6.45) is 0.807. The number of aromatic nitrogens is 2. The Labute approximate surface area is 369 Å². The number of rotatable bonds is 10. The molecule has 3 saturated heterocycles. The first kappa shape index (κ1) is 44.9. The van der Waals surface area contributed by atoms with Crippen LogP contribution in [0.25, 0.3) is 11.0 Å². The van der Waals surface area contributed by atoms with Gasteiger partial charge < -0.3 is 19.5 Å². The van der Waals surface area contributed by atoms with Gasteiger partial charge in [-0.15, -0.1) is 0 Å². The molecule has 3 N–H and O–H groups in total. The van der Waals surface area contributed by atoms with Crippen molar-refractivity contribution < 1.29 is 42.3 Å². The SMILES string of the molecule is C.O=C1CCC(N2C(=O)c3ccc(N4CCC(CN5CCN(Cc6ccc7c(c6)nc(NC(=O)c6cccc(C(F)(F)F)c6)n7C6CCC(CO)CC6)CC5)CC4)cc3C2=O)C(=O)N1. The lowest BCUT2D eigenvalue weighted by Gasteiger charge is -2.39. The van der Waals surface area contributed by atoms with Gasteiger partial charge in [-0.3, -0.25) is 44.4 Å². The number of anilines is 2. The maximum atomic E-state index is 13.4. The Hall–Kier alpha value is -5.65. The number of alkyl halides is 3. The molecule has 0 bridgehead atoms. The first-order chi connectivity index (χ1) is 30.3. The van der Waals surface area contributed by atoms with Gasteiger partial charge in [-0.1, -0.05) is 19.6 Å². The third-order valence-corrected chi connectivity index (χ3v) is 13.7. The number of amides is 5. The van der Waals surface area contributed by atoms with Gasteiger partial charge in [-0.05, 0) is 111 Å². The highest BCUT2D eigenvalue weighted by molar-refractivity contribution is 6.23. The Bertz CT molecular complexity index is 2430. The van der Waals surface area contributed by atoms with E-state index in [4.69, 9.17) is 4.98 Å². The number of piperidine rings is 2. The van der Waals surface area contributed by atoms with Crippen LogP contribution in [0.5, 0.6) is 0 Å². The molecule has 340 valence electrons. The van der Waals surface area contributed by atoms with Gasteiger partial charge >= 0.3 is 6.18 Å². The molecular formula is C47H55F3N8O6. The minimum absolute atomic E-state index is 0. The van der Waals surface area contributed by atoms with Crippen molar-refractivity contribution in [3.63, 3.8) is 0 Å². The summed E-state index contributed by atoms with van der Waals surface area (Å²) in [6, 6.07) is 14.8. The molecule has 3 aromatic carbocycles. The Morgan fingerprint density at radius 1 is 0.797 bits per heavy atom. The number of piperazine rings is 1. The molecule has 4 fully saturated rings. The van der Waals surface area contributed by atoms with Crippen LogP contribution in [-0.2, 0) is 22.3 Å². The van der Waals surface area contributed by atoms with Gasteiger partial charge in [0, 0.05) is 82.7 Å². The van der Waals surface area contributed by atoms with Crippen molar-refractivity contribution in [1.29, 1.82) is 0 Å². The molecule has 64 heavy (non-hydrogen) atoms. The summed E-state index contributed by atoms with van der Waals surface area (Å²) in [4.78, 5) is 77.0. The van der Waals surface area contributed by atoms with E-state index in [9.17, 15) is 42.3 Å². The predicted molar refractivity (Wildman–Crippen MR) is 234 cm³/mol. The molecule has 1 aromatic heterocycles. The van der Waals surface area contributed by atoms with Gasteiger partial charge in [0.25, 0.3) is 17.7 Å². The van der Waals surface area contributed by atoms with Crippen molar-refractivity contribution in [1.82, 2.24) is 29.6 Å². The van der Waals surface area contributed by atoms with Gasteiger partial charge in [0.2, 0.25) is 17.8 Å². The molecular weight excluding hydrogens is 830 g/mol. The number of imidazole rings is 1. The summed E-state index contributed by atoms with van der Waals surface area (Å²) in [7, 11) is 0. The van der Waals surface area contributed by atoms with E-state index in [1.54, 1.807) is 12.1 Å². The van der Waals surface area contributed by atoms with Crippen LogP contribution in [-0.4, -0.2) is 117 Å². The second kappa shape index (κ2) is 18.4. The van der Waals surface area contributed by atoms with E-state index in [-0.39, 0.29) is 50.0 Å². The standard InChI is InChI=1S/C46H51F3N8O6.CH4/c47-46(48,49)32-3-1-2-31(23-32)41(60)52-45-50-37-22-30(6-11-38(37)56(45)33-7-4-29(27-58)5-8-33)26-54-20-18-53(19-21-54)25-28-14-16-55(17-15-28)34-9-10-35-36(24-34)44(63)57(43(35)62)39-12-13-40(59)51-42(39)61;/h1-3,6,9-11,22-24,28-29,33,39,58H,4-5,7-8,12-21,25-27H2,(H,50,52,60)(H,51,59,61);1H4. The number of nitrogens with zero attached hydrogens (tertiary/aromatic N) is 6. The lowest BCUT2D eigenvalue weighted by atomic mass is 9.86. The normalized spacial score (nSPS) is 22.7. The average Bonchev–Trinajstić information content (AvgIpc) is 3.76. The second-order valence-electron chi connectivity index (χ2n) is 17.7. The van der Waals surface area contributed by atoms with Gasteiger partial charge in [-0.2, -0.15) is 13.2 Å². The lowest BCUT2D eigenvalue weighted by Crippen LogP contribution is -2.54. The fourth-order valence-corrected chi connectivity index (χ4v) is 10.1. The highest BCUT2D eigenvalue weighted by atomic mass is 19.4. The van der Waals surface area contributed by atoms with Gasteiger partial charge in [0.1, 0.15) is 6.04 Å². The van der Waals surface area contributed by atoms with Crippen molar-refractivity contribution in [2.45, 2.75) is 83.6 Å². The summed E-state index contributed by atoms with van der Waals surface area (Å²) in [5.74, 6) is -1.66. The first-order valence-electron chi connectivity index (χ1n) is 22.0. The summed E-state index contributed by atoms with van der Waals surface area (Å²) in [6.45, 7) is 7.15. The van der Waals surface area contributed by atoms with Crippen molar-refractivity contribution in [2.75, 3.05) is 62.6 Å². The molecule has 5 heterocycles. The number of fused-ring (bicyclic) bond motifs is 2. The van der Waals surface area contributed by atoms with E-state index >= 15 is 0 Å². The number of imide groups is 2. The number of carbonyl (C=O) groups excluding carboxylic acids is 5. The van der Waals surface area contributed by atoms with E-state index in [1.165, 1.54) is 12.1 Å². The summed E-state index contributed by atoms with van der Waals surface area (Å²) in [5.41, 5.74) is 3.07. The number of carbonyl (C=O) groups is 5. The molecule has 1 aliphatic carbocycles. The number of halogens is 3. The van der Waals surface area contributed by atoms with E-state index in [2.05, 4.69) is 31.4 Å². The molecule has 1 saturated carbocycles. The Kier molecular flexibility index (Phi) is 13.0. The second-order valence-corrected chi connectivity index (χ2v) is 17.7. The molecule has 0 spiro atoms. The van der Waals surface area contributed by atoms with Crippen molar-refractivity contribution in [2.24, 2.45) is 11.8 Å². The largest absolute Gasteiger partial charge is 0.416 e. The van der Waals surface area contributed by atoms with Crippen LogP contribution >= 0.6 is 0 Å². The van der Waals surface area contributed by atoms with E-state index < -0.39 is 47.3 Å². The minimum Gasteiger partial charge on any atom is -0.396 e. The number of aliphatic hydroxyl groups excluding tert-OH is 1. The van der Waals surface area contributed by atoms with Gasteiger partial charge in [-0.25, -0.2) is 4.98 Å². The van der Waals surface area contributed by atoms with Crippen LogP contribution in [0.15, 0.2) is 60.7 Å². The van der Waals surface area contributed by atoms with Crippen LogP contribution in [0.1, 0.15) is 107 Å². The molecule has 17 heteroatoms. The Balaban J connectivity index is 0.00000560. The van der Waals surface area contributed by atoms with E-state index in [0.29, 0.717) is 22.9 Å². The van der Waals surface area contributed by atoms with Crippen molar-refractivity contribution >= 4 is 52.2 Å². The number of hydrogen-bond donors (Lipinski definition) is 3. The third-order valence-electron chi connectivity index (χ3n) is 13.7. The van der Waals surface area contributed by atoms with Crippen LogP contribution in [0.3, 0.4) is 0 Å². The van der Waals surface area contributed by atoms with E-state index in [1.807, 2.05) is 22.8 Å². The lowest BCUT2D eigenvalue weighted by molar-refractivity contribution is -0.138. The summed E-state index contributed by atoms with van der Waals surface area (Å²) < 4.78 is 42.4. The van der Waals surface area contributed by atoms with Crippen LogP contribution in [0.4, 0.5) is 24.8 Å². The molecule has 5 amide bonds. The van der Waals surface area contributed by atoms with Crippen molar-refractivity contribution in [3.05, 3.63) is 88.5 Å². The fraction of sp³-hybridized carbons (Fsp3) is 0.489. The number of hydrogen-bond acceptors (Lipinski definition) is 10. The molecule has 5 aliphatic rings. The summed E-state index contributed by atoms with van der Waals surface area (Å²) >= 11 is 0. The molecule has 4 aliphatic heterocycles. The van der Waals surface area contributed by atoms with E-state index in [0.717, 1.165) is 125 Å². The number of benzene rings is 3. The number of nitrogens with one attached hydrogen (secondary N) is 2.